The highest BCUT2D eigenvalue weighted by molar-refractivity contribution is 7.85. The van der Waals surface area contributed by atoms with Crippen molar-refractivity contribution in [1.82, 2.24) is 10.5 Å². The van der Waals surface area contributed by atoms with Crippen LogP contribution in [-0.4, -0.2) is 32.4 Å². The lowest BCUT2D eigenvalue weighted by Gasteiger charge is -2.31. The monoisotopic (exact) mass is 341 g/mol. The number of amides is 2. The standard InChI is InChI=1S/C16H27N3O3S/c1-5-23(21)12-9-7-6-8-11(12)17-15(20)18-14-10-13(22-19-14)16(2,3)4/h10-12H,5-9H2,1-4H3,(H2,17,18,19,20)/t11-,12+,23+/m1/s1. The van der Waals surface area contributed by atoms with E-state index in [1.54, 1.807) is 6.07 Å². The Hall–Kier alpha value is -1.37. The van der Waals surface area contributed by atoms with Crippen LogP contribution in [0.3, 0.4) is 0 Å². The second-order valence-corrected chi connectivity index (χ2v) is 8.97. The van der Waals surface area contributed by atoms with E-state index in [0.29, 0.717) is 11.6 Å². The molecule has 0 bridgehead atoms. The van der Waals surface area contributed by atoms with E-state index < -0.39 is 10.8 Å². The lowest BCUT2D eigenvalue weighted by molar-refractivity contribution is 0.244. The quantitative estimate of drug-likeness (QED) is 0.881. The van der Waals surface area contributed by atoms with Crippen molar-refractivity contribution in [2.75, 3.05) is 11.1 Å². The molecule has 2 N–H and O–H groups in total. The van der Waals surface area contributed by atoms with Gasteiger partial charge in [-0.05, 0) is 12.8 Å². The lowest BCUT2D eigenvalue weighted by atomic mass is 9.93. The molecule has 23 heavy (non-hydrogen) atoms. The van der Waals surface area contributed by atoms with Crippen LogP contribution in [0.5, 0.6) is 0 Å². The summed E-state index contributed by atoms with van der Waals surface area (Å²) in [6, 6.07) is 1.38. The van der Waals surface area contributed by atoms with Crippen molar-refractivity contribution >= 4 is 22.6 Å². The molecule has 0 unspecified atom stereocenters. The Morgan fingerprint density at radius 2 is 2.09 bits per heavy atom. The van der Waals surface area contributed by atoms with Crippen molar-refractivity contribution in [1.29, 1.82) is 0 Å². The topological polar surface area (TPSA) is 84.2 Å². The van der Waals surface area contributed by atoms with E-state index in [-0.39, 0.29) is 22.7 Å². The first kappa shape index (κ1) is 18.0. The molecule has 0 radical (unpaired) electrons. The van der Waals surface area contributed by atoms with E-state index in [2.05, 4.69) is 15.8 Å². The van der Waals surface area contributed by atoms with E-state index in [9.17, 15) is 9.00 Å². The first-order valence-electron chi connectivity index (χ1n) is 8.23. The van der Waals surface area contributed by atoms with E-state index in [4.69, 9.17) is 4.52 Å². The first-order chi connectivity index (χ1) is 10.8. The summed E-state index contributed by atoms with van der Waals surface area (Å²) in [6.07, 6.45) is 3.91. The van der Waals surface area contributed by atoms with Crippen LogP contribution < -0.4 is 10.6 Å². The number of rotatable bonds is 4. The molecule has 0 aromatic carbocycles. The number of carbonyl (C=O) groups is 1. The van der Waals surface area contributed by atoms with Crippen molar-refractivity contribution < 1.29 is 13.5 Å². The number of carbonyl (C=O) groups excluding carboxylic acids is 1. The largest absolute Gasteiger partial charge is 0.359 e. The third-order valence-corrected chi connectivity index (χ3v) is 5.94. The Morgan fingerprint density at radius 3 is 2.70 bits per heavy atom. The molecule has 2 amide bonds. The summed E-state index contributed by atoms with van der Waals surface area (Å²) in [5, 5.41) is 9.58. The van der Waals surface area contributed by atoms with Crippen molar-refractivity contribution in [3.05, 3.63) is 11.8 Å². The van der Waals surface area contributed by atoms with Crippen molar-refractivity contribution in [3.8, 4) is 0 Å². The third kappa shape index (κ3) is 4.80. The van der Waals surface area contributed by atoms with Crippen LogP contribution in [0, 0.1) is 0 Å². The molecule has 3 atom stereocenters. The van der Waals surface area contributed by atoms with Gasteiger partial charge in [0.15, 0.2) is 5.82 Å². The summed E-state index contributed by atoms with van der Waals surface area (Å²) >= 11 is 0. The minimum absolute atomic E-state index is 0.0430. The van der Waals surface area contributed by atoms with Gasteiger partial charge in [0.25, 0.3) is 0 Å². The zero-order chi connectivity index (χ0) is 17.0. The number of anilines is 1. The number of nitrogens with zero attached hydrogens (tertiary/aromatic N) is 1. The smallest absolute Gasteiger partial charge is 0.320 e. The van der Waals surface area contributed by atoms with Crippen LogP contribution in [-0.2, 0) is 16.2 Å². The predicted molar refractivity (Wildman–Crippen MR) is 92.1 cm³/mol. The maximum Gasteiger partial charge on any atom is 0.320 e. The SMILES string of the molecule is CC[S@](=O)[C@H]1CCCC[C@H]1NC(=O)Nc1cc(C(C)(C)C)on1. The minimum atomic E-state index is -0.891. The highest BCUT2D eigenvalue weighted by Crippen LogP contribution is 2.25. The van der Waals surface area contributed by atoms with Crippen LogP contribution in [0.4, 0.5) is 10.6 Å². The number of hydrogen-bond acceptors (Lipinski definition) is 4. The molecular formula is C16H27N3O3S. The second kappa shape index (κ2) is 7.47. The fourth-order valence-electron chi connectivity index (χ4n) is 2.80. The van der Waals surface area contributed by atoms with Gasteiger partial charge in [0.05, 0.1) is 5.25 Å². The predicted octanol–water partition coefficient (Wildman–Crippen LogP) is 3.17. The highest BCUT2D eigenvalue weighted by atomic mass is 32.2. The Bertz CT molecular complexity index is 565. The Labute approximate surface area is 140 Å². The molecule has 1 aromatic rings. The second-order valence-electron chi connectivity index (χ2n) is 7.02. The van der Waals surface area contributed by atoms with Gasteiger partial charge in [0.2, 0.25) is 0 Å². The summed E-state index contributed by atoms with van der Waals surface area (Å²) in [7, 11) is -0.891. The van der Waals surface area contributed by atoms with Gasteiger partial charge in [-0.3, -0.25) is 9.53 Å². The molecular weight excluding hydrogens is 314 g/mol. The third-order valence-electron chi connectivity index (χ3n) is 4.13. The van der Waals surface area contributed by atoms with Crippen molar-refractivity contribution in [2.45, 2.75) is 70.1 Å². The summed E-state index contributed by atoms with van der Waals surface area (Å²) in [6.45, 7) is 7.98. The molecule has 1 aliphatic rings. The fraction of sp³-hybridized carbons (Fsp3) is 0.750. The number of aromatic nitrogens is 1. The minimum Gasteiger partial charge on any atom is -0.359 e. The molecule has 0 saturated heterocycles. The molecule has 1 heterocycles. The maximum absolute atomic E-state index is 12.2. The van der Waals surface area contributed by atoms with Crippen LogP contribution >= 0.6 is 0 Å². The molecule has 1 fully saturated rings. The molecule has 7 heteroatoms. The molecule has 1 aliphatic carbocycles. The van der Waals surface area contributed by atoms with Crippen LogP contribution in [0.1, 0.15) is 59.1 Å². The molecule has 1 saturated carbocycles. The van der Waals surface area contributed by atoms with Gasteiger partial charge >= 0.3 is 6.03 Å². The van der Waals surface area contributed by atoms with Crippen molar-refractivity contribution in [2.24, 2.45) is 0 Å². The molecule has 6 nitrogen and oxygen atoms in total. The molecule has 1 aromatic heterocycles. The van der Waals surface area contributed by atoms with Gasteiger partial charge in [0.1, 0.15) is 5.76 Å². The highest BCUT2D eigenvalue weighted by Gasteiger charge is 2.30. The summed E-state index contributed by atoms with van der Waals surface area (Å²) in [5.74, 6) is 1.75. The van der Waals surface area contributed by atoms with E-state index in [0.717, 1.165) is 31.4 Å². The summed E-state index contributed by atoms with van der Waals surface area (Å²) in [4.78, 5) is 12.2. The van der Waals surface area contributed by atoms with E-state index >= 15 is 0 Å². The number of urea groups is 1. The number of hydrogen-bond donors (Lipinski definition) is 2. The van der Waals surface area contributed by atoms with Crippen LogP contribution in [0.2, 0.25) is 0 Å². The average molecular weight is 341 g/mol. The van der Waals surface area contributed by atoms with E-state index in [1.165, 1.54) is 0 Å². The van der Waals surface area contributed by atoms with Crippen LogP contribution in [0.15, 0.2) is 10.6 Å². The van der Waals surface area contributed by atoms with E-state index in [1.807, 2.05) is 27.7 Å². The van der Waals surface area contributed by atoms with Gasteiger partial charge < -0.3 is 9.84 Å². The normalized spacial score (nSPS) is 23.3. The average Bonchev–Trinajstić information content (AvgIpc) is 2.95. The zero-order valence-electron chi connectivity index (χ0n) is 14.3. The first-order valence-corrected chi connectivity index (χ1v) is 9.61. The van der Waals surface area contributed by atoms with Gasteiger partial charge in [-0.2, -0.15) is 0 Å². The van der Waals surface area contributed by atoms with Gasteiger partial charge in [-0.1, -0.05) is 45.7 Å². The Balaban J connectivity index is 1.95. The van der Waals surface area contributed by atoms with Gasteiger partial charge in [-0.25, -0.2) is 4.79 Å². The van der Waals surface area contributed by atoms with Gasteiger partial charge in [0, 0.05) is 34.1 Å². The summed E-state index contributed by atoms with van der Waals surface area (Å²) in [5.41, 5.74) is -0.157. The Kier molecular flexibility index (Phi) is 5.84. The molecule has 0 spiro atoms. The van der Waals surface area contributed by atoms with Crippen molar-refractivity contribution in [3.63, 3.8) is 0 Å². The zero-order valence-corrected chi connectivity index (χ0v) is 15.2. The lowest BCUT2D eigenvalue weighted by Crippen LogP contribution is -2.48. The fourth-order valence-corrected chi connectivity index (χ4v) is 4.23. The number of nitrogens with one attached hydrogen (secondary N) is 2. The van der Waals surface area contributed by atoms with Crippen LogP contribution in [0.25, 0.3) is 0 Å². The molecule has 0 aliphatic heterocycles. The molecule has 2 rings (SSSR count). The maximum atomic E-state index is 12.2. The van der Waals surface area contributed by atoms with Gasteiger partial charge in [-0.15, -0.1) is 0 Å². The Morgan fingerprint density at radius 1 is 1.39 bits per heavy atom. The molecule has 130 valence electrons. The summed E-state index contributed by atoms with van der Waals surface area (Å²) < 4.78 is 17.4.